The summed E-state index contributed by atoms with van der Waals surface area (Å²) in [7, 11) is 0. The molecule has 1 aromatic carbocycles. The highest BCUT2D eigenvalue weighted by molar-refractivity contribution is 6.02. The lowest BCUT2D eigenvalue weighted by Gasteiger charge is -2.09. The van der Waals surface area contributed by atoms with E-state index in [-0.39, 0.29) is 11.5 Å². The van der Waals surface area contributed by atoms with Gasteiger partial charge in [0.25, 0.3) is 5.91 Å². The van der Waals surface area contributed by atoms with Crippen molar-refractivity contribution in [2.45, 2.75) is 12.9 Å². The van der Waals surface area contributed by atoms with Crippen molar-refractivity contribution in [1.82, 2.24) is 9.78 Å². The van der Waals surface area contributed by atoms with Crippen molar-refractivity contribution in [3.8, 4) is 5.75 Å². The first-order chi connectivity index (χ1) is 11.9. The third-order valence-corrected chi connectivity index (χ3v) is 3.11. The molecule has 0 aliphatic heterocycles. The number of benzene rings is 1. The van der Waals surface area contributed by atoms with E-state index >= 15 is 0 Å². The van der Waals surface area contributed by atoms with E-state index in [0.717, 1.165) is 12.1 Å². The smallest absolute Gasteiger partial charge is 0.454 e. The number of furan rings is 1. The summed E-state index contributed by atoms with van der Waals surface area (Å²) in [6, 6.07) is 9.73. The van der Waals surface area contributed by atoms with E-state index in [1.165, 1.54) is 18.2 Å². The van der Waals surface area contributed by atoms with Crippen LogP contribution in [-0.2, 0) is 6.54 Å². The predicted molar refractivity (Wildman–Crippen MR) is 81.1 cm³/mol. The Morgan fingerprint density at radius 2 is 1.96 bits per heavy atom. The monoisotopic (exact) mass is 351 g/mol. The van der Waals surface area contributed by atoms with Gasteiger partial charge in [-0.05, 0) is 42.5 Å². The third kappa shape index (κ3) is 4.63. The lowest BCUT2D eigenvalue weighted by atomic mass is 10.3. The van der Waals surface area contributed by atoms with Gasteiger partial charge in [-0.25, -0.2) is 0 Å². The average Bonchev–Trinajstić information content (AvgIpc) is 3.20. The molecule has 6 nitrogen and oxygen atoms in total. The van der Waals surface area contributed by atoms with Crippen molar-refractivity contribution in [3.63, 3.8) is 0 Å². The van der Waals surface area contributed by atoms with Gasteiger partial charge >= 0.3 is 6.36 Å². The zero-order valence-electron chi connectivity index (χ0n) is 12.7. The van der Waals surface area contributed by atoms with Crippen LogP contribution in [0.4, 0.5) is 18.9 Å². The summed E-state index contributed by atoms with van der Waals surface area (Å²) in [5.74, 6) is -0.262. The number of carbonyl (C=O) groups is 1. The SMILES string of the molecule is O=C(Nc1ccc(OC(F)(F)F)cc1)c1ccc(Cn2cccn2)o1. The average molecular weight is 351 g/mol. The van der Waals surface area contributed by atoms with Gasteiger partial charge in [-0.1, -0.05) is 0 Å². The first-order valence-corrected chi connectivity index (χ1v) is 7.12. The molecule has 0 aliphatic carbocycles. The van der Waals surface area contributed by atoms with Crippen molar-refractivity contribution >= 4 is 11.6 Å². The number of hydrogen-bond acceptors (Lipinski definition) is 4. The summed E-state index contributed by atoms with van der Waals surface area (Å²) in [6.07, 6.45) is -1.38. The molecule has 0 fully saturated rings. The molecule has 0 saturated carbocycles. The number of alkyl halides is 3. The molecule has 3 rings (SSSR count). The molecule has 0 aliphatic rings. The molecule has 1 N–H and O–H groups in total. The minimum absolute atomic E-state index is 0.0813. The second kappa shape index (κ2) is 6.71. The summed E-state index contributed by atoms with van der Waals surface area (Å²) in [5.41, 5.74) is 0.310. The van der Waals surface area contributed by atoms with Gasteiger partial charge in [-0.2, -0.15) is 5.10 Å². The summed E-state index contributed by atoms with van der Waals surface area (Å²) in [5, 5.41) is 6.56. The standard InChI is InChI=1S/C16H12F3N3O3/c17-16(18,19)25-12-4-2-11(3-5-12)21-15(23)14-7-6-13(24-14)10-22-9-1-8-20-22/h1-9H,10H2,(H,21,23). The summed E-state index contributed by atoms with van der Waals surface area (Å²) < 4.78 is 47.1. The van der Waals surface area contributed by atoms with Gasteiger partial charge in [-0.15, -0.1) is 13.2 Å². The summed E-state index contributed by atoms with van der Waals surface area (Å²) in [4.78, 5) is 12.1. The molecule has 3 aromatic rings. The zero-order chi connectivity index (χ0) is 17.9. The number of amides is 1. The number of anilines is 1. The van der Waals surface area contributed by atoms with E-state index in [1.54, 1.807) is 29.2 Å². The number of ether oxygens (including phenoxy) is 1. The Hall–Kier alpha value is -3.23. The number of aromatic nitrogens is 2. The Bertz CT molecular complexity index is 840. The van der Waals surface area contributed by atoms with Crippen molar-refractivity contribution in [1.29, 1.82) is 0 Å². The van der Waals surface area contributed by atoms with Crippen molar-refractivity contribution in [2.75, 3.05) is 5.32 Å². The van der Waals surface area contributed by atoms with E-state index in [0.29, 0.717) is 18.0 Å². The molecule has 2 aromatic heterocycles. The summed E-state index contributed by atoms with van der Waals surface area (Å²) >= 11 is 0. The zero-order valence-corrected chi connectivity index (χ0v) is 12.7. The fourth-order valence-electron chi connectivity index (χ4n) is 2.07. The highest BCUT2D eigenvalue weighted by Crippen LogP contribution is 2.24. The maximum Gasteiger partial charge on any atom is 0.573 e. The molecule has 2 heterocycles. The van der Waals surface area contributed by atoms with Crippen LogP contribution in [0.5, 0.6) is 5.75 Å². The van der Waals surface area contributed by atoms with Crippen LogP contribution in [-0.4, -0.2) is 22.1 Å². The largest absolute Gasteiger partial charge is 0.573 e. The highest BCUT2D eigenvalue weighted by Gasteiger charge is 2.30. The van der Waals surface area contributed by atoms with E-state index in [1.807, 2.05) is 0 Å². The van der Waals surface area contributed by atoms with Crippen molar-refractivity contribution in [2.24, 2.45) is 0 Å². The Morgan fingerprint density at radius 3 is 2.60 bits per heavy atom. The van der Waals surface area contributed by atoms with E-state index in [2.05, 4.69) is 15.2 Å². The van der Waals surface area contributed by atoms with Gasteiger partial charge in [-0.3, -0.25) is 9.48 Å². The van der Waals surface area contributed by atoms with Crippen LogP contribution in [0.3, 0.4) is 0 Å². The van der Waals surface area contributed by atoms with Gasteiger partial charge in [0.15, 0.2) is 5.76 Å². The molecule has 0 unspecified atom stereocenters. The predicted octanol–water partition coefficient (Wildman–Crippen LogP) is 3.68. The normalized spacial score (nSPS) is 11.3. The molecular formula is C16H12F3N3O3. The van der Waals surface area contributed by atoms with E-state index in [9.17, 15) is 18.0 Å². The van der Waals surface area contributed by atoms with E-state index in [4.69, 9.17) is 4.42 Å². The third-order valence-electron chi connectivity index (χ3n) is 3.11. The van der Waals surface area contributed by atoms with Crippen LogP contribution < -0.4 is 10.1 Å². The molecule has 0 saturated heterocycles. The Labute approximate surface area is 139 Å². The number of nitrogens with one attached hydrogen (secondary N) is 1. The molecule has 0 bridgehead atoms. The highest BCUT2D eigenvalue weighted by atomic mass is 19.4. The van der Waals surface area contributed by atoms with Crippen molar-refractivity contribution in [3.05, 3.63) is 66.4 Å². The Morgan fingerprint density at radius 1 is 1.20 bits per heavy atom. The molecule has 0 radical (unpaired) electrons. The van der Waals surface area contributed by atoms with Crippen LogP contribution in [0.1, 0.15) is 16.3 Å². The fourth-order valence-corrected chi connectivity index (χ4v) is 2.07. The van der Waals surface area contributed by atoms with Gasteiger partial charge < -0.3 is 14.5 Å². The van der Waals surface area contributed by atoms with Crippen LogP contribution in [0.25, 0.3) is 0 Å². The van der Waals surface area contributed by atoms with Gasteiger partial charge in [0.1, 0.15) is 11.5 Å². The minimum Gasteiger partial charge on any atom is -0.454 e. The number of rotatable bonds is 5. The van der Waals surface area contributed by atoms with Gasteiger partial charge in [0, 0.05) is 18.1 Å². The maximum absolute atomic E-state index is 12.1. The first kappa shape index (κ1) is 16.6. The maximum atomic E-state index is 12.1. The number of nitrogens with zero attached hydrogens (tertiary/aromatic N) is 2. The minimum atomic E-state index is -4.76. The molecule has 25 heavy (non-hydrogen) atoms. The molecule has 1 amide bonds. The molecule has 0 atom stereocenters. The number of hydrogen-bond donors (Lipinski definition) is 1. The second-order valence-electron chi connectivity index (χ2n) is 5.00. The molecule has 0 spiro atoms. The Kier molecular flexibility index (Phi) is 4.46. The molecule has 9 heteroatoms. The first-order valence-electron chi connectivity index (χ1n) is 7.12. The number of halogens is 3. The number of carbonyl (C=O) groups excluding carboxylic acids is 1. The van der Waals surface area contributed by atoms with Gasteiger partial charge in [0.05, 0.1) is 6.54 Å². The van der Waals surface area contributed by atoms with Crippen molar-refractivity contribution < 1.29 is 27.1 Å². The van der Waals surface area contributed by atoms with Crippen LogP contribution >= 0.6 is 0 Å². The quantitative estimate of drug-likeness (QED) is 0.761. The van der Waals surface area contributed by atoms with Crippen LogP contribution in [0.2, 0.25) is 0 Å². The second-order valence-corrected chi connectivity index (χ2v) is 5.00. The lowest BCUT2D eigenvalue weighted by Crippen LogP contribution is -2.17. The van der Waals surface area contributed by atoms with Crippen LogP contribution in [0, 0.1) is 0 Å². The van der Waals surface area contributed by atoms with E-state index < -0.39 is 12.3 Å². The topological polar surface area (TPSA) is 69.3 Å². The fraction of sp³-hybridized carbons (Fsp3) is 0.125. The summed E-state index contributed by atoms with van der Waals surface area (Å²) in [6.45, 7) is 0.379. The Balaban J connectivity index is 1.61. The lowest BCUT2D eigenvalue weighted by molar-refractivity contribution is -0.274. The molecular weight excluding hydrogens is 339 g/mol. The van der Waals surface area contributed by atoms with Crippen LogP contribution in [0.15, 0.2) is 59.3 Å². The molecule has 130 valence electrons. The van der Waals surface area contributed by atoms with Gasteiger partial charge in [0.2, 0.25) is 0 Å².